The quantitative estimate of drug-likeness (QED) is 0.786. The molecule has 78 valence electrons. The van der Waals surface area contributed by atoms with Crippen LogP contribution < -0.4 is 5.73 Å². The summed E-state index contributed by atoms with van der Waals surface area (Å²) in [5.41, 5.74) is 7.32. The molecule has 0 aliphatic heterocycles. The first-order valence-electron chi connectivity index (χ1n) is 5.08. The Morgan fingerprint density at radius 3 is 2.36 bits per heavy atom. The molecule has 0 fully saturated rings. The van der Waals surface area contributed by atoms with Gasteiger partial charge in [0.2, 0.25) is 5.91 Å². The van der Waals surface area contributed by atoms with Crippen molar-refractivity contribution in [3.8, 4) is 0 Å². The molecular weight excluding hydrogens is 174 g/mol. The molecule has 0 aliphatic carbocycles. The number of amides is 1. The predicted molar refractivity (Wildman–Crippen MR) is 60.1 cm³/mol. The average molecular weight is 193 g/mol. The summed E-state index contributed by atoms with van der Waals surface area (Å²) in [6, 6.07) is 7.94. The lowest BCUT2D eigenvalue weighted by Gasteiger charge is -2.00. The van der Waals surface area contributed by atoms with E-state index in [0.29, 0.717) is 6.42 Å². The summed E-state index contributed by atoms with van der Waals surface area (Å²) in [6.07, 6.45) is 1.33. The molecule has 0 aromatic heterocycles. The van der Waals surface area contributed by atoms with Gasteiger partial charge >= 0.3 is 0 Å². The molecule has 1 amide bonds. The second-order valence-corrected chi connectivity index (χ2v) is 2.82. The highest BCUT2D eigenvalue weighted by Crippen LogP contribution is 2.05. The number of carbonyl (C=O) groups is 1. The summed E-state index contributed by atoms with van der Waals surface area (Å²) in [4.78, 5) is 10.6. The number of hydrogen-bond acceptors (Lipinski definition) is 1. The molecule has 0 radical (unpaired) electrons. The van der Waals surface area contributed by atoms with E-state index in [2.05, 4.69) is 6.92 Å². The lowest BCUT2D eigenvalue weighted by molar-refractivity contribution is -0.117. The van der Waals surface area contributed by atoms with Gasteiger partial charge in [-0.05, 0) is 17.5 Å². The fourth-order valence-corrected chi connectivity index (χ4v) is 1.16. The van der Waals surface area contributed by atoms with Crippen molar-refractivity contribution in [1.29, 1.82) is 0 Å². The van der Waals surface area contributed by atoms with Crippen molar-refractivity contribution in [3.63, 3.8) is 0 Å². The molecule has 0 bridgehead atoms. The van der Waals surface area contributed by atoms with Gasteiger partial charge in [-0.2, -0.15) is 0 Å². The first-order chi connectivity index (χ1) is 6.72. The van der Waals surface area contributed by atoms with Gasteiger partial charge in [-0.25, -0.2) is 0 Å². The first-order valence-corrected chi connectivity index (χ1v) is 5.08. The Kier molecular flexibility index (Phi) is 6.46. The van der Waals surface area contributed by atoms with Crippen molar-refractivity contribution in [2.75, 3.05) is 0 Å². The van der Waals surface area contributed by atoms with Crippen molar-refractivity contribution in [2.24, 2.45) is 5.73 Å². The lowest BCUT2D eigenvalue weighted by atomic mass is 10.1. The van der Waals surface area contributed by atoms with Gasteiger partial charge in [0, 0.05) is 0 Å². The third-order valence-electron chi connectivity index (χ3n) is 1.78. The van der Waals surface area contributed by atoms with Gasteiger partial charge in [0.05, 0.1) is 6.42 Å². The van der Waals surface area contributed by atoms with Crippen molar-refractivity contribution in [1.82, 2.24) is 0 Å². The van der Waals surface area contributed by atoms with Crippen LogP contribution in [0, 0.1) is 0 Å². The molecule has 0 atom stereocenters. The standard InChI is InChI=1S/C10H13NO.C2H6/c1-2-8-4-3-5-9(6-8)7-10(11)12;1-2/h3-6H,2,7H2,1H3,(H2,11,12);1-2H3. The first kappa shape index (κ1) is 12.7. The maximum atomic E-state index is 10.6. The highest BCUT2D eigenvalue weighted by atomic mass is 16.1. The van der Waals surface area contributed by atoms with Crippen LogP contribution in [-0.2, 0) is 17.6 Å². The maximum absolute atomic E-state index is 10.6. The van der Waals surface area contributed by atoms with Gasteiger partial charge in [-0.1, -0.05) is 45.0 Å². The zero-order valence-electron chi connectivity index (χ0n) is 9.21. The van der Waals surface area contributed by atoms with Crippen LogP contribution in [0.2, 0.25) is 0 Å². The van der Waals surface area contributed by atoms with Crippen LogP contribution in [0.15, 0.2) is 24.3 Å². The third kappa shape index (κ3) is 4.65. The smallest absolute Gasteiger partial charge is 0.221 e. The summed E-state index contributed by atoms with van der Waals surface area (Å²) in [6.45, 7) is 6.09. The Labute approximate surface area is 86.1 Å². The molecular formula is C12H19NO. The number of primary amides is 1. The minimum atomic E-state index is -0.275. The normalized spacial score (nSPS) is 8.79. The van der Waals surface area contributed by atoms with E-state index in [-0.39, 0.29) is 5.91 Å². The molecule has 1 rings (SSSR count). The van der Waals surface area contributed by atoms with E-state index in [1.807, 2.05) is 38.1 Å². The Morgan fingerprint density at radius 1 is 1.29 bits per heavy atom. The van der Waals surface area contributed by atoms with Crippen LogP contribution in [0.1, 0.15) is 31.9 Å². The maximum Gasteiger partial charge on any atom is 0.221 e. The summed E-state index contributed by atoms with van der Waals surface area (Å²) in [5, 5.41) is 0. The highest BCUT2D eigenvalue weighted by molar-refractivity contribution is 5.76. The van der Waals surface area contributed by atoms with Gasteiger partial charge < -0.3 is 5.73 Å². The monoisotopic (exact) mass is 193 g/mol. The van der Waals surface area contributed by atoms with Crippen molar-refractivity contribution >= 4 is 5.91 Å². The number of carbonyl (C=O) groups excluding carboxylic acids is 1. The highest BCUT2D eigenvalue weighted by Gasteiger charge is 1.97. The van der Waals surface area contributed by atoms with Crippen molar-refractivity contribution in [2.45, 2.75) is 33.6 Å². The van der Waals surface area contributed by atoms with Gasteiger partial charge in [0.15, 0.2) is 0 Å². The van der Waals surface area contributed by atoms with E-state index in [1.165, 1.54) is 5.56 Å². The molecule has 2 N–H and O–H groups in total. The zero-order chi connectivity index (χ0) is 11.0. The molecule has 0 saturated carbocycles. The van der Waals surface area contributed by atoms with Gasteiger partial charge in [0.25, 0.3) is 0 Å². The summed E-state index contributed by atoms with van der Waals surface area (Å²) in [7, 11) is 0. The fraction of sp³-hybridized carbons (Fsp3) is 0.417. The number of rotatable bonds is 3. The van der Waals surface area contributed by atoms with Crippen LogP contribution in [0.25, 0.3) is 0 Å². The summed E-state index contributed by atoms with van der Waals surface area (Å²) < 4.78 is 0. The van der Waals surface area contributed by atoms with Gasteiger partial charge in [-0.3, -0.25) is 4.79 Å². The Bertz CT molecular complexity index is 281. The second-order valence-electron chi connectivity index (χ2n) is 2.82. The summed E-state index contributed by atoms with van der Waals surface area (Å²) >= 11 is 0. The van der Waals surface area contributed by atoms with Gasteiger partial charge in [0.1, 0.15) is 0 Å². The Hall–Kier alpha value is -1.31. The molecule has 0 spiro atoms. The van der Waals surface area contributed by atoms with Crippen LogP contribution in [-0.4, -0.2) is 5.91 Å². The molecule has 0 heterocycles. The number of nitrogens with two attached hydrogens (primary N) is 1. The van der Waals surface area contributed by atoms with Crippen molar-refractivity contribution < 1.29 is 4.79 Å². The molecule has 1 aromatic carbocycles. The SMILES string of the molecule is CC.CCc1cccc(CC(N)=O)c1. The second kappa shape index (κ2) is 7.13. The van der Waals surface area contributed by atoms with Crippen LogP contribution in [0.5, 0.6) is 0 Å². The minimum Gasteiger partial charge on any atom is -0.369 e. The third-order valence-corrected chi connectivity index (χ3v) is 1.78. The zero-order valence-corrected chi connectivity index (χ0v) is 9.21. The molecule has 14 heavy (non-hydrogen) atoms. The topological polar surface area (TPSA) is 43.1 Å². The number of hydrogen-bond donors (Lipinski definition) is 1. The molecule has 0 unspecified atom stereocenters. The molecule has 2 heteroatoms. The lowest BCUT2D eigenvalue weighted by Crippen LogP contribution is -2.13. The largest absolute Gasteiger partial charge is 0.369 e. The minimum absolute atomic E-state index is 0.275. The average Bonchev–Trinajstić information content (AvgIpc) is 2.20. The molecule has 0 saturated heterocycles. The molecule has 2 nitrogen and oxygen atoms in total. The van der Waals surface area contributed by atoms with E-state index >= 15 is 0 Å². The van der Waals surface area contributed by atoms with Crippen LogP contribution in [0.4, 0.5) is 0 Å². The van der Waals surface area contributed by atoms with E-state index in [0.717, 1.165) is 12.0 Å². The Balaban J connectivity index is 0.000000791. The number of benzene rings is 1. The number of aryl methyl sites for hydroxylation is 1. The van der Waals surface area contributed by atoms with E-state index in [9.17, 15) is 4.79 Å². The molecule has 0 aliphatic rings. The summed E-state index contributed by atoms with van der Waals surface area (Å²) in [5.74, 6) is -0.275. The Morgan fingerprint density at radius 2 is 1.86 bits per heavy atom. The van der Waals surface area contributed by atoms with E-state index < -0.39 is 0 Å². The molecule has 1 aromatic rings. The van der Waals surface area contributed by atoms with E-state index in [1.54, 1.807) is 0 Å². The van der Waals surface area contributed by atoms with E-state index in [4.69, 9.17) is 5.73 Å². The van der Waals surface area contributed by atoms with Crippen LogP contribution in [0.3, 0.4) is 0 Å². The van der Waals surface area contributed by atoms with Crippen molar-refractivity contribution in [3.05, 3.63) is 35.4 Å². The predicted octanol–water partition coefficient (Wildman–Crippen LogP) is 2.30. The fourth-order valence-electron chi connectivity index (χ4n) is 1.16. The van der Waals surface area contributed by atoms with Crippen LogP contribution >= 0.6 is 0 Å². The van der Waals surface area contributed by atoms with Gasteiger partial charge in [-0.15, -0.1) is 0 Å².